The number of esters is 1. The predicted octanol–water partition coefficient (Wildman–Crippen LogP) is 4.61. The van der Waals surface area contributed by atoms with Gasteiger partial charge in [-0.1, -0.05) is 36.4 Å². The molecule has 0 atom stereocenters. The number of ketones is 1. The van der Waals surface area contributed by atoms with Crippen molar-refractivity contribution in [2.75, 3.05) is 20.0 Å². The smallest absolute Gasteiger partial charge is 0.342 e. The molecule has 0 fully saturated rings. The monoisotopic (exact) mass is 366 g/mol. The van der Waals surface area contributed by atoms with Crippen molar-refractivity contribution >= 4 is 34.3 Å². The Morgan fingerprint density at radius 3 is 2.46 bits per heavy atom. The Labute approximate surface area is 156 Å². The highest BCUT2D eigenvalue weighted by Gasteiger charge is 2.16. The Morgan fingerprint density at radius 2 is 1.73 bits per heavy atom. The van der Waals surface area contributed by atoms with Crippen LogP contribution in [0.15, 0.2) is 65.6 Å². The summed E-state index contributed by atoms with van der Waals surface area (Å²) in [5.41, 5.74) is 0.817. The fourth-order valence-electron chi connectivity index (χ4n) is 2.62. The highest BCUT2D eigenvalue weighted by Crippen LogP contribution is 2.26. The Hall–Kier alpha value is -2.79. The second-order valence-corrected chi connectivity index (χ2v) is 6.51. The molecule has 132 valence electrons. The van der Waals surface area contributed by atoms with E-state index >= 15 is 0 Å². The summed E-state index contributed by atoms with van der Waals surface area (Å²) in [5, 5.41) is 2.03. The molecular formula is C21H18O4S. The molecule has 3 aromatic rings. The summed E-state index contributed by atoms with van der Waals surface area (Å²) in [6.45, 7) is -0.315. The molecule has 0 aromatic heterocycles. The van der Waals surface area contributed by atoms with Crippen LogP contribution in [0.3, 0.4) is 0 Å². The molecular weight excluding hydrogens is 348 g/mol. The highest BCUT2D eigenvalue weighted by atomic mass is 32.2. The quantitative estimate of drug-likeness (QED) is 0.362. The number of carbonyl (C=O) groups is 2. The van der Waals surface area contributed by atoms with Gasteiger partial charge in [-0.3, -0.25) is 4.79 Å². The number of ether oxygens (including phenoxy) is 2. The van der Waals surface area contributed by atoms with Crippen molar-refractivity contribution in [3.63, 3.8) is 0 Å². The predicted molar refractivity (Wildman–Crippen MR) is 103 cm³/mol. The lowest BCUT2D eigenvalue weighted by molar-refractivity contribution is 0.0471. The number of fused-ring (bicyclic) bond motifs is 1. The van der Waals surface area contributed by atoms with E-state index in [1.807, 2.05) is 42.7 Å². The topological polar surface area (TPSA) is 52.6 Å². The summed E-state index contributed by atoms with van der Waals surface area (Å²) >= 11 is 1.55. The summed E-state index contributed by atoms with van der Waals surface area (Å²) in [5.74, 6) is -0.396. The van der Waals surface area contributed by atoms with Crippen molar-refractivity contribution in [1.29, 1.82) is 0 Å². The number of methoxy groups -OCH3 is 1. The number of hydrogen-bond donors (Lipinski definition) is 0. The average molecular weight is 366 g/mol. The zero-order chi connectivity index (χ0) is 18.5. The van der Waals surface area contributed by atoms with Crippen LogP contribution in [0, 0.1) is 0 Å². The fraction of sp³-hybridized carbons (Fsp3) is 0.143. The number of Topliss-reactive ketones (excluding diaryl/α,β-unsaturated/α-hetero) is 1. The van der Waals surface area contributed by atoms with Crippen LogP contribution in [0.25, 0.3) is 10.8 Å². The first-order valence-corrected chi connectivity index (χ1v) is 9.26. The fourth-order valence-corrected chi connectivity index (χ4v) is 3.05. The van der Waals surface area contributed by atoms with Gasteiger partial charge in [0.1, 0.15) is 11.3 Å². The lowest BCUT2D eigenvalue weighted by Gasteiger charge is -2.10. The van der Waals surface area contributed by atoms with Gasteiger partial charge in [0.25, 0.3) is 0 Å². The van der Waals surface area contributed by atoms with Gasteiger partial charge in [-0.15, -0.1) is 11.8 Å². The summed E-state index contributed by atoms with van der Waals surface area (Å²) in [7, 11) is 1.50. The largest absolute Gasteiger partial charge is 0.496 e. The minimum atomic E-state index is -0.580. The van der Waals surface area contributed by atoms with Crippen molar-refractivity contribution in [2.45, 2.75) is 4.90 Å². The molecule has 0 aliphatic carbocycles. The van der Waals surface area contributed by atoms with Crippen LogP contribution in [-0.4, -0.2) is 31.7 Å². The van der Waals surface area contributed by atoms with Crippen molar-refractivity contribution < 1.29 is 19.1 Å². The van der Waals surface area contributed by atoms with Crippen molar-refractivity contribution in [3.05, 3.63) is 71.8 Å². The molecule has 0 saturated heterocycles. The van der Waals surface area contributed by atoms with E-state index in [0.29, 0.717) is 16.9 Å². The minimum Gasteiger partial charge on any atom is -0.496 e. The van der Waals surface area contributed by atoms with Crippen molar-refractivity contribution in [1.82, 2.24) is 0 Å². The van der Waals surface area contributed by atoms with Crippen molar-refractivity contribution in [3.8, 4) is 5.75 Å². The first-order chi connectivity index (χ1) is 12.6. The zero-order valence-electron chi connectivity index (χ0n) is 14.5. The Morgan fingerprint density at radius 1 is 0.962 bits per heavy atom. The third-order valence-corrected chi connectivity index (χ3v) is 4.76. The van der Waals surface area contributed by atoms with Crippen LogP contribution < -0.4 is 4.74 Å². The van der Waals surface area contributed by atoms with Crippen molar-refractivity contribution in [2.24, 2.45) is 0 Å². The molecule has 3 rings (SSSR count). The number of thioether (sulfide) groups is 1. The van der Waals surface area contributed by atoms with E-state index in [0.717, 1.165) is 15.7 Å². The molecule has 0 aliphatic heterocycles. The van der Waals surface area contributed by atoms with Crippen LogP contribution in [0.4, 0.5) is 0 Å². The molecule has 4 nitrogen and oxygen atoms in total. The molecule has 0 bridgehead atoms. The normalized spacial score (nSPS) is 10.5. The molecule has 26 heavy (non-hydrogen) atoms. The van der Waals surface area contributed by atoms with Crippen LogP contribution >= 0.6 is 11.8 Å². The molecule has 0 unspecified atom stereocenters. The summed E-state index contributed by atoms with van der Waals surface area (Å²) < 4.78 is 10.4. The van der Waals surface area contributed by atoms with E-state index in [2.05, 4.69) is 0 Å². The first-order valence-electron chi connectivity index (χ1n) is 8.03. The maximum absolute atomic E-state index is 12.4. The maximum atomic E-state index is 12.4. The minimum absolute atomic E-state index is 0.246. The molecule has 0 saturated carbocycles. The molecule has 0 heterocycles. The number of benzene rings is 3. The molecule has 0 spiro atoms. The van der Waals surface area contributed by atoms with Crippen LogP contribution in [-0.2, 0) is 4.74 Å². The summed E-state index contributed by atoms with van der Waals surface area (Å²) in [6, 6.07) is 18.4. The molecule has 3 aromatic carbocycles. The Bertz CT molecular complexity index is 965. The van der Waals surface area contributed by atoms with Gasteiger partial charge in [0, 0.05) is 10.5 Å². The molecule has 0 aliphatic rings. The van der Waals surface area contributed by atoms with Gasteiger partial charge in [-0.2, -0.15) is 0 Å². The lowest BCUT2D eigenvalue weighted by atomic mass is 10.0. The van der Waals surface area contributed by atoms with E-state index in [-0.39, 0.29) is 12.4 Å². The first kappa shape index (κ1) is 18.0. The SMILES string of the molecule is COc1cc(SC)ccc1C(=O)OCC(=O)c1ccc2ccccc2c1. The van der Waals surface area contributed by atoms with Gasteiger partial charge in [0.15, 0.2) is 12.4 Å². The number of carbonyl (C=O) groups excluding carboxylic acids is 2. The van der Waals surface area contributed by atoms with Gasteiger partial charge in [0.05, 0.1) is 7.11 Å². The van der Waals surface area contributed by atoms with Gasteiger partial charge in [0.2, 0.25) is 0 Å². The van der Waals surface area contributed by atoms with Crippen LogP contribution in [0.2, 0.25) is 0 Å². The van der Waals surface area contributed by atoms with E-state index in [4.69, 9.17) is 9.47 Å². The highest BCUT2D eigenvalue weighted by molar-refractivity contribution is 7.98. The lowest BCUT2D eigenvalue weighted by Crippen LogP contribution is -2.15. The molecule has 0 N–H and O–H groups in total. The maximum Gasteiger partial charge on any atom is 0.342 e. The Kier molecular flexibility index (Phi) is 5.58. The van der Waals surface area contributed by atoms with E-state index in [1.54, 1.807) is 36.0 Å². The van der Waals surface area contributed by atoms with Gasteiger partial charge in [-0.25, -0.2) is 4.79 Å². The van der Waals surface area contributed by atoms with Gasteiger partial charge < -0.3 is 9.47 Å². The number of hydrogen-bond acceptors (Lipinski definition) is 5. The second kappa shape index (κ2) is 8.06. The van der Waals surface area contributed by atoms with Crippen LogP contribution in [0.5, 0.6) is 5.75 Å². The van der Waals surface area contributed by atoms with Gasteiger partial charge in [-0.05, 0) is 41.3 Å². The number of rotatable bonds is 6. The zero-order valence-corrected chi connectivity index (χ0v) is 15.3. The summed E-state index contributed by atoms with van der Waals surface area (Å²) in [4.78, 5) is 25.7. The van der Waals surface area contributed by atoms with Gasteiger partial charge >= 0.3 is 5.97 Å². The third kappa shape index (κ3) is 3.89. The average Bonchev–Trinajstić information content (AvgIpc) is 2.70. The molecule has 5 heteroatoms. The standard InChI is InChI=1S/C21H18O4S/c1-24-20-12-17(26-2)9-10-18(20)21(23)25-13-19(22)16-8-7-14-5-3-4-6-15(14)11-16/h3-12H,13H2,1-2H3. The van der Waals surface area contributed by atoms with E-state index in [9.17, 15) is 9.59 Å². The molecule has 0 amide bonds. The summed E-state index contributed by atoms with van der Waals surface area (Å²) in [6.07, 6.45) is 1.94. The third-order valence-electron chi connectivity index (χ3n) is 4.03. The molecule has 0 radical (unpaired) electrons. The Balaban J connectivity index is 1.71. The van der Waals surface area contributed by atoms with E-state index in [1.165, 1.54) is 7.11 Å². The van der Waals surface area contributed by atoms with E-state index < -0.39 is 5.97 Å². The van der Waals surface area contributed by atoms with Crippen LogP contribution in [0.1, 0.15) is 20.7 Å². The second-order valence-electron chi connectivity index (χ2n) is 5.63.